The van der Waals surface area contributed by atoms with Crippen molar-refractivity contribution < 1.29 is 14.3 Å². The zero-order valence-electron chi connectivity index (χ0n) is 16.0. The van der Waals surface area contributed by atoms with Gasteiger partial charge in [-0.25, -0.2) is 4.98 Å². The van der Waals surface area contributed by atoms with E-state index in [0.29, 0.717) is 5.82 Å². The van der Waals surface area contributed by atoms with Crippen LogP contribution in [0.3, 0.4) is 0 Å². The van der Waals surface area contributed by atoms with E-state index in [1.165, 1.54) is 7.11 Å². The second-order valence-corrected chi connectivity index (χ2v) is 6.44. The molecule has 0 saturated heterocycles. The van der Waals surface area contributed by atoms with Gasteiger partial charge in [-0.15, -0.1) is 0 Å². The third-order valence-corrected chi connectivity index (χ3v) is 4.29. The summed E-state index contributed by atoms with van der Waals surface area (Å²) in [6.45, 7) is 4.88. The molecule has 26 heavy (non-hydrogen) atoms. The Hall–Kier alpha value is -2.41. The van der Waals surface area contributed by atoms with Gasteiger partial charge in [-0.05, 0) is 25.5 Å². The van der Waals surface area contributed by atoms with E-state index in [0.717, 1.165) is 30.4 Å². The molecule has 1 aromatic heterocycles. The summed E-state index contributed by atoms with van der Waals surface area (Å²) in [7, 11) is 3.30. The van der Waals surface area contributed by atoms with Gasteiger partial charge in [0.25, 0.3) is 0 Å². The highest BCUT2D eigenvalue weighted by molar-refractivity contribution is 5.82. The van der Waals surface area contributed by atoms with Gasteiger partial charge in [0.1, 0.15) is 19.0 Å². The lowest BCUT2D eigenvalue weighted by Crippen LogP contribution is -2.34. The first-order valence-electron chi connectivity index (χ1n) is 8.95. The molecule has 0 radical (unpaired) electrons. The molecule has 0 fully saturated rings. The normalized spacial score (nSPS) is 12.2. The van der Waals surface area contributed by atoms with E-state index in [1.807, 2.05) is 42.8 Å². The van der Waals surface area contributed by atoms with Gasteiger partial charge in [-0.1, -0.05) is 25.5 Å². The van der Waals surface area contributed by atoms with Crippen molar-refractivity contribution in [2.75, 3.05) is 27.3 Å². The van der Waals surface area contributed by atoms with E-state index < -0.39 is 0 Å². The van der Waals surface area contributed by atoms with E-state index in [9.17, 15) is 9.59 Å². The van der Waals surface area contributed by atoms with Crippen LogP contribution in [0.25, 0.3) is 11.0 Å². The van der Waals surface area contributed by atoms with E-state index in [-0.39, 0.29) is 31.0 Å². The molecule has 0 aliphatic rings. The molecule has 1 atom stereocenters. The molecular formula is C19H28N4O3. The van der Waals surface area contributed by atoms with E-state index in [4.69, 9.17) is 4.74 Å². The molecule has 0 bridgehead atoms. The second kappa shape index (κ2) is 9.33. The van der Waals surface area contributed by atoms with Crippen LogP contribution < -0.4 is 5.32 Å². The molecule has 7 heteroatoms. The first-order chi connectivity index (χ1) is 12.5. The molecule has 1 heterocycles. The van der Waals surface area contributed by atoms with Crippen LogP contribution in [-0.4, -0.2) is 53.6 Å². The molecule has 1 N–H and O–H groups in total. The number of likely N-dealkylation sites (N-methyl/N-ethyl adjacent to an activating group) is 1. The second-order valence-electron chi connectivity index (χ2n) is 6.44. The molecule has 2 amide bonds. The van der Waals surface area contributed by atoms with Gasteiger partial charge in [0, 0.05) is 20.7 Å². The minimum atomic E-state index is -0.334. The van der Waals surface area contributed by atoms with Gasteiger partial charge in [0.15, 0.2) is 0 Å². The first-order valence-corrected chi connectivity index (χ1v) is 8.95. The molecule has 0 spiro atoms. The number of aromatic nitrogens is 2. The third-order valence-electron chi connectivity index (χ3n) is 4.29. The molecule has 2 rings (SSSR count). The summed E-state index contributed by atoms with van der Waals surface area (Å²) in [5.41, 5.74) is 1.69. The smallest absolute Gasteiger partial charge is 0.246 e. The summed E-state index contributed by atoms with van der Waals surface area (Å²) < 4.78 is 6.75. The SMILES string of the molecule is CCCCN(C)C(=O)Cn1c(C(C)NC(=O)COC)nc2ccccc21. The summed E-state index contributed by atoms with van der Waals surface area (Å²) in [4.78, 5) is 30.9. The summed E-state index contributed by atoms with van der Waals surface area (Å²) >= 11 is 0. The van der Waals surface area contributed by atoms with Crippen molar-refractivity contribution in [1.82, 2.24) is 19.8 Å². The molecule has 2 aromatic rings. The number of para-hydroxylation sites is 2. The third kappa shape index (κ3) is 4.82. The van der Waals surface area contributed by atoms with Crippen molar-refractivity contribution >= 4 is 22.8 Å². The fourth-order valence-corrected chi connectivity index (χ4v) is 2.85. The Balaban J connectivity index is 2.28. The highest BCUT2D eigenvalue weighted by Gasteiger charge is 2.21. The lowest BCUT2D eigenvalue weighted by Gasteiger charge is -2.20. The van der Waals surface area contributed by atoms with Crippen LogP contribution in [-0.2, 0) is 20.9 Å². The van der Waals surface area contributed by atoms with Crippen molar-refractivity contribution in [2.45, 2.75) is 39.3 Å². The molecule has 0 aliphatic heterocycles. The van der Waals surface area contributed by atoms with Gasteiger partial charge >= 0.3 is 0 Å². The number of amides is 2. The number of imidazole rings is 1. The number of ether oxygens (including phenoxy) is 1. The van der Waals surface area contributed by atoms with E-state index >= 15 is 0 Å². The minimum absolute atomic E-state index is 0.0107. The molecule has 7 nitrogen and oxygen atoms in total. The van der Waals surface area contributed by atoms with Crippen molar-refractivity contribution in [3.05, 3.63) is 30.1 Å². The van der Waals surface area contributed by atoms with Crippen molar-refractivity contribution in [1.29, 1.82) is 0 Å². The van der Waals surface area contributed by atoms with Gasteiger partial charge < -0.3 is 19.5 Å². The summed E-state index contributed by atoms with van der Waals surface area (Å²) in [5.74, 6) is 0.469. The van der Waals surface area contributed by atoms with Gasteiger partial charge in [-0.3, -0.25) is 9.59 Å². The average Bonchev–Trinajstić information content (AvgIpc) is 2.98. The number of methoxy groups -OCH3 is 1. The lowest BCUT2D eigenvalue weighted by atomic mass is 10.3. The number of nitrogens with zero attached hydrogens (tertiary/aromatic N) is 3. The zero-order valence-corrected chi connectivity index (χ0v) is 16.0. The number of carbonyl (C=O) groups excluding carboxylic acids is 2. The summed E-state index contributed by atoms with van der Waals surface area (Å²) in [5, 5.41) is 2.86. The van der Waals surface area contributed by atoms with E-state index in [1.54, 1.807) is 4.90 Å². The van der Waals surface area contributed by atoms with Crippen LogP contribution in [0.15, 0.2) is 24.3 Å². The standard InChI is InChI=1S/C19H28N4O3/c1-5-6-11-22(3)18(25)12-23-16-10-8-7-9-15(16)21-19(23)14(2)20-17(24)13-26-4/h7-10,14H,5-6,11-13H2,1-4H3,(H,20,24). The number of benzene rings is 1. The molecule has 0 saturated carbocycles. The maximum Gasteiger partial charge on any atom is 0.246 e. The Morgan fingerprint density at radius 2 is 2.08 bits per heavy atom. The topological polar surface area (TPSA) is 76.5 Å². The highest BCUT2D eigenvalue weighted by Crippen LogP contribution is 2.21. The van der Waals surface area contributed by atoms with Gasteiger partial charge in [0.2, 0.25) is 11.8 Å². The number of hydrogen-bond donors (Lipinski definition) is 1. The lowest BCUT2D eigenvalue weighted by molar-refractivity contribution is -0.130. The monoisotopic (exact) mass is 360 g/mol. The Bertz CT molecular complexity index is 756. The minimum Gasteiger partial charge on any atom is -0.375 e. The summed E-state index contributed by atoms with van der Waals surface area (Å²) in [6.07, 6.45) is 2.02. The molecular weight excluding hydrogens is 332 g/mol. The Morgan fingerprint density at radius 3 is 2.77 bits per heavy atom. The number of rotatable bonds is 9. The Labute approximate surface area is 154 Å². The number of nitrogens with one attached hydrogen (secondary N) is 1. The fourth-order valence-electron chi connectivity index (χ4n) is 2.85. The van der Waals surface area contributed by atoms with Crippen LogP contribution in [0.5, 0.6) is 0 Å². The maximum absolute atomic E-state index is 12.6. The quantitative estimate of drug-likeness (QED) is 0.743. The Morgan fingerprint density at radius 1 is 1.35 bits per heavy atom. The first kappa shape index (κ1) is 19.9. The van der Waals surface area contributed by atoms with Gasteiger partial charge in [0.05, 0.1) is 17.1 Å². The van der Waals surface area contributed by atoms with Crippen molar-refractivity contribution in [3.63, 3.8) is 0 Å². The molecule has 142 valence electrons. The molecule has 0 aliphatic carbocycles. The number of fused-ring (bicyclic) bond motifs is 1. The predicted octanol–water partition coefficient (Wildman–Crippen LogP) is 2.12. The van der Waals surface area contributed by atoms with Gasteiger partial charge in [-0.2, -0.15) is 0 Å². The van der Waals surface area contributed by atoms with Crippen LogP contribution in [0.2, 0.25) is 0 Å². The Kier molecular flexibility index (Phi) is 7.15. The fraction of sp³-hybridized carbons (Fsp3) is 0.526. The maximum atomic E-state index is 12.6. The largest absolute Gasteiger partial charge is 0.375 e. The van der Waals surface area contributed by atoms with Crippen molar-refractivity contribution in [2.24, 2.45) is 0 Å². The van der Waals surface area contributed by atoms with Crippen LogP contribution in [0, 0.1) is 0 Å². The predicted molar refractivity (Wildman–Crippen MR) is 101 cm³/mol. The highest BCUT2D eigenvalue weighted by atomic mass is 16.5. The van der Waals surface area contributed by atoms with Crippen molar-refractivity contribution in [3.8, 4) is 0 Å². The number of hydrogen-bond acceptors (Lipinski definition) is 4. The number of carbonyl (C=O) groups is 2. The molecule has 1 unspecified atom stereocenters. The average molecular weight is 360 g/mol. The van der Waals surface area contributed by atoms with Crippen LogP contribution in [0.1, 0.15) is 38.6 Å². The van der Waals surface area contributed by atoms with E-state index in [2.05, 4.69) is 17.2 Å². The zero-order chi connectivity index (χ0) is 19.1. The molecule has 1 aromatic carbocycles. The number of unbranched alkanes of at least 4 members (excludes halogenated alkanes) is 1. The van der Waals surface area contributed by atoms with Crippen LogP contribution >= 0.6 is 0 Å². The summed E-state index contributed by atoms with van der Waals surface area (Å²) in [6, 6.07) is 7.34. The van der Waals surface area contributed by atoms with Crippen LogP contribution in [0.4, 0.5) is 0 Å².